The number of benzene rings is 3. The number of rotatable bonds is 7. The van der Waals surface area contributed by atoms with Gasteiger partial charge in [-0.05, 0) is 23.3 Å². The van der Waals surface area contributed by atoms with E-state index in [0.717, 1.165) is 16.7 Å². The van der Waals surface area contributed by atoms with Gasteiger partial charge in [-0.15, -0.1) is 0 Å². The van der Waals surface area contributed by atoms with E-state index in [0.29, 0.717) is 6.54 Å². The van der Waals surface area contributed by atoms with Gasteiger partial charge in [0.1, 0.15) is 0 Å². The van der Waals surface area contributed by atoms with Crippen molar-refractivity contribution in [3.8, 4) is 16.9 Å². The van der Waals surface area contributed by atoms with Gasteiger partial charge in [0, 0.05) is 18.0 Å². The summed E-state index contributed by atoms with van der Waals surface area (Å²) in [7, 11) is 0. The molecule has 0 spiro atoms. The lowest BCUT2D eigenvalue weighted by Gasteiger charge is -2.29. The van der Waals surface area contributed by atoms with Crippen LogP contribution in [0.25, 0.3) is 11.1 Å². The van der Waals surface area contributed by atoms with E-state index in [1.165, 1.54) is 18.2 Å². The van der Waals surface area contributed by atoms with Crippen LogP contribution in [0, 0.1) is 5.82 Å². The maximum absolute atomic E-state index is 13.8. The minimum Gasteiger partial charge on any atom is -0.423 e. The number of ether oxygens (including phenoxy) is 3. The second-order valence-electron chi connectivity index (χ2n) is 8.09. The summed E-state index contributed by atoms with van der Waals surface area (Å²) in [5, 5.41) is 0. The second-order valence-corrected chi connectivity index (χ2v) is 8.09. The van der Waals surface area contributed by atoms with Crippen LogP contribution in [0.3, 0.4) is 0 Å². The number of aromatic nitrogens is 2. The Hall–Kier alpha value is -3.81. The minimum atomic E-state index is -1.10. The van der Waals surface area contributed by atoms with Crippen molar-refractivity contribution >= 4 is 5.97 Å². The van der Waals surface area contributed by atoms with Crippen LogP contribution in [0.4, 0.5) is 4.39 Å². The van der Waals surface area contributed by atoms with Crippen molar-refractivity contribution in [2.45, 2.75) is 24.9 Å². The summed E-state index contributed by atoms with van der Waals surface area (Å²) in [5.41, 5.74) is 3.01. The predicted molar refractivity (Wildman–Crippen MR) is 123 cm³/mol. The Labute approximate surface area is 196 Å². The maximum atomic E-state index is 13.8. The zero-order chi connectivity index (χ0) is 23.4. The predicted octanol–water partition coefficient (Wildman–Crippen LogP) is 4.95. The molecule has 1 aromatic heterocycles. The molecule has 4 aromatic rings. The second kappa shape index (κ2) is 9.59. The van der Waals surface area contributed by atoms with E-state index in [1.54, 1.807) is 18.6 Å². The van der Waals surface area contributed by atoms with Gasteiger partial charge in [0.15, 0.2) is 11.6 Å². The molecule has 0 unspecified atom stereocenters. The number of carbonyl (C=O) groups is 1. The smallest absolute Gasteiger partial charge is 0.314 e. The van der Waals surface area contributed by atoms with Crippen LogP contribution in [0.1, 0.15) is 12.0 Å². The molecule has 1 aliphatic heterocycles. The Morgan fingerprint density at radius 2 is 1.76 bits per heavy atom. The Morgan fingerprint density at radius 3 is 2.50 bits per heavy atom. The van der Waals surface area contributed by atoms with Crippen LogP contribution >= 0.6 is 0 Å². The van der Waals surface area contributed by atoms with E-state index in [1.807, 2.05) is 53.2 Å². The van der Waals surface area contributed by atoms with Gasteiger partial charge >= 0.3 is 5.97 Å². The van der Waals surface area contributed by atoms with Gasteiger partial charge in [0.05, 0.1) is 32.0 Å². The first-order valence-corrected chi connectivity index (χ1v) is 11.0. The first-order valence-electron chi connectivity index (χ1n) is 11.0. The third kappa shape index (κ3) is 4.76. The molecule has 0 saturated carbocycles. The van der Waals surface area contributed by atoms with Crippen LogP contribution < -0.4 is 4.74 Å². The normalized spacial score (nSPS) is 19.7. The van der Waals surface area contributed by atoms with Gasteiger partial charge in [-0.1, -0.05) is 66.7 Å². The van der Waals surface area contributed by atoms with E-state index < -0.39 is 23.7 Å². The summed E-state index contributed by atoms with van der Waals surface area (Å²) in [6.45, 7) is 0.554. The van der Waals surface area contributed by atoms with E-state index in [9.17, 15) is 9.18 Å². The molecule has 0 radical (unpaired) electrons. The lowest BCUT2D eigenvalue weighted by atomic mass is 10.00. The Bertz CT molecular complexity index is 1250. The van der Waals surface area contributed by atoms with Crippen molar-refractivity contribution in [1.82, 2.24) is 9.55 Å². The summed E-state index contributed by atoms with van der Waals surface area (Å²) in [4.78, 5) is 16.6. The molecule has 2 heterocycles. The number of carbonyl (C=O) groups excluding carboxylic acids is 1. The van der Waals surface area contributed by atoms with Crippen LogP contribution in [-0.4, -0.2) is 28.2 Å². The van der Waals surface area contributed by atoms with Crippen molar-refractivity contribution in [2.24, 2.45) is 0 Å². The van der Waals surface area contributed by atoms with E-state index in [4.69, 9.17) is 14.2 Å². The van der Waals surface area contributed by atoms with Crippen LogP contribution in [0.2, 0.25) is 0 Å². The Kier molecular flexibility index (Phi) is 6.20. The Morgan fingerprint density at radius 1 is 1.03 bits per heavy atom. The van der Waals surface area contributed by atoms with Crippen LogP contribution in [0.15, 0.2) is 97.6 Å². The molecule has 1 saturated heterocycles. The third-order valence-corrected chi connectivity index (χ3v) is 5.70. The van der Waals surface area contributed by atoms with E-state index in [-0.39, 0.29) is 18.8 Å². The number of hydrogen-bond donors (Lipinski definition) is 0. The van der Waals surface area contributed by atoms with Crippen molar-refractivity contribution < 1.29 is 23.4 Å². The molecule has 1 fully saturated rings. The highest BCUT2D eigenvalue weighted by molar-refractivity contribution is 5.73. The fraction of sp³-hybridized carbons (Fsp3) is 0.185. The lowest BCUT2D eigenvalue weighted by Crippen LogP contribution is -2.33. The average molecular weight is 458 g/mol. The molecule has 5 rings (SSSR count). The summed E-state index contributed by atoms with van der Waals surface area (Å²) in [6.07, 6.45) is 4.59. The molecule has 1 aliphatic rings. The summed E-state index contributed by atoms with van der Waals surface area (Å²) in [6, 6.07) is 23.9. The molecule has 0 bridgehead atoms. The largest absolute Gasteiger partial charge is 0.423 e. The van der Waals surface area contributed by atoms with Crippen LogP contribution in [0.5, 0.6) is 5.75 Å². The molecule has 172 valence electrons. The van der Waals surface area contributed by atoms with E-state index in [2.05, 4.69) is 17.1 Å². The average Bonchev–Trinajstić information content (AvgIpc) is 3.52. The van der Waals surface area contributed by atoms with Gasteiger partial charge < -0.3 is 18.8 Å². The fourth-order valence-corrected chi connectivity index (χ4v) is 4.04. The van der Waals surface area contributed by atoms with Crippen molar-refractivity contribution in [3.63, 3.8) is 0 Å². The first-order chi connectivity index (χ1) is 16.6. The van der Waals surface area contributed by atoms with Gasteiger partial charge in [0.25, 0.3) is 0 Å². The highest BCUT2D eigenvalue weighted by atomic mass is 19.1. The summed E-state index contributed by atoms with van der Waals surface area (Å²) in [5.74, 6) is -2.38. The zero-order valence-corrected chi connectivity index (χ0v) is 18.3. The highest BCUT2D eigenvalue weighted by Gasteiger charge is 2.44. The quantitative estimate of drug-likeness (QED) is 0.290. The van der Waals surface area contributed by atoms with Crippen LogP contribution in [-0.2, 0) is 26.6 Å². The molecule has 34 heavy (non-hydrogen) atoms. The lowest BCUT2D eigenvalue weighted by molar-refractivity contribution is -0.188. The van der Waals surface area contributed by atoms with E-state index >= 15 is 0 Å². The molecule has 0 amide bonds. The fourth-order valence-electron chi connectivity index (χ4n) is 4.04. The van der Waals surface area contributed by atoms with Crippen molar-refractivity contribution in [3.05, 3.63) is 109 Å². The van der Waals surface area contributed by atoms with Crippen molar-refractivity contribution in [2.75, 3.05) is 6.61 Å². The molecular weight excluding hydrogens is 435 g/mol. The first kappa shape index (κ1) is 22.0. The number of nitrogens with zero attached hydrogens (tertiary/aromatic N) is 2. The van der Waals surface area contributed by atoms with Gasteiger partial charge in [-0.3, -0.25) is 4.79 Å². The Balaban J connectivity index is 1.34. The zero-order valence-electron chi connectivity index (χ0n) is 18.3. The number of esters is 1. The SMILES string of the molecule is O=C(C[C@H]1CO[C@](Cn2ccnc2)(c2ccc(-c3ccccc3)cc2)O1)Oc1ccccc1F. The summed E-state index contributed by atoms with van der Waals surface area (Å²) >= 11 is 0. The maximum Gasteiger partial charge on any atom is 0.314 e. The topological polar surface area (TPSA) is 62.6 Å². The molecule has 6 nitrogen and oxygen atoms in total. The molecular formula is C27H23FN2O4. The third-order valence-electron chi connectivity index (χ3n) is 5.70. The number of hydrogen-bond acceptors (Lipinski definition) is 5. The number of para-hydroxylation sites is 1. The highest BCUT2D eigenvalue weighted by Crippen LogP contribution is 2.38. The number of halogens is 1. The minimum absolute atomic E-state index is 0.0673. The molecule has 0 N–H and O–H groups in total. The number of imidazole rings is 1. The summed E-state index contributed by atoms with van der Waals surface area (Å²) < 4.78 is 33.4. The van der Waals surface area contributed by atoms with Gasteiger partial charge in [-0.25, -0.2) is 9.37 Å². The molecule has 3 aromatic carbocycles. The molecule has 0 aliphatic carbocycles. The van der Waals surface area contributed by atoms with Gasteiger partial charge in [-0.2, -0.15) is 0 Å². The van der Waals surface area contributed by atoms with Gasteiger partial charge in [0.2, 0.25) is 5.79 Å². The van der Waals surface area contributed by atoms with Crippen molar-refractivity contribution in [1.29, 1.82) is 0 Å². The standard InChI is InChI=1S/C27H23FN2O4/c28-24-8-4-5-9-25(24)33-26(31)16-23-17-32-27(34-23,18-30-15-14-29-19-30)22-12-10-21(11-13-22)20-6-2-1-3-7-20/h1-15,19,23H,16-18H2/t23-,27-/m0/s1. The molecule has 2 atom stereocenters. The monoisotopic (exact) mass is 458 g/mol. The molecule has 7 heteroatoms.